The Bertz CT molecular complexity index is 486. The molecule has 18 heavy (non-hydrogen) atoms. The molecule has 0 unspecified atom stereocenters. The van der Waals surface area contributed by atoms with Gasteiger partial charge in [-0.15, -0.1) is 0 Å². The molecule has 0 spiro atoms. The molecule has 0 bridgehead atoms. The van der Waals surface area contributed by atoms with Crippen LogP contribution in [0.25, 0.3) is 0 Å². The summed E-state index contributed by atoms with van der Waals surface area (Å²) in [4.78, 5) is 16.1. The minimum Gasteiger partial charge on any atom is -0.325 e. The molecule has 0 saturated heterocycles. The number of nitrogens with zero attached hydrogens (tertiary/aromatic N) is 1. The zero-order valence-electron chi connectivity index (χ0n) is 10.5. The average Bonchev–Trinajstić information content (AvgIpc) is 2.86. The topological polar surface area (TPSA) is 41.5 Å². The first-order valence-electron chi connectivity index (χ1n) is 5.83. The van der Waals surface area contributed by atoms with Gasteiger partial charge in [0.15, 0.2) is 0 Å². The van der Waals surface area contributed by atoms with Crippen molar-refractivity contribution in [3.05, 3.63) is 29.3 Å². The maximum absolute atomic E-state index is 11.8. The van der Waals surface area contributed by atoms with E-state index in [1.165, 1.54) is 17.3 Å². The molecular formula is C13H16N2OS2. The SMILES string of the molecule is Cc1cccc(NC(=O)CSC2=NCCS2)c1C. The zero-order valence-corrected chi connectivity index (χ0v) is 12.2. The van der Waals surface area contributed by atoms with Crippen molar-refractivity contribution >= 4 is 39.5 Å². The van der Waals surface area contributed by atoms with Gasteiger partial charge in [0.25, 0.3) is 0 Å². The number of carbonyl (C=O) groups excluding carboxylic acids is 1. The molecule has 0 aliphatic carbocycles. The van der Waals surface area contributed by atoms with E-state index in [0.29, 0.717) is 5.75 Å². The van der Waals surface area contributed by atoms with Crippen LogP contribution in [-0.2, 0) is 4.79 Å². The summed E-state index contributed by atoms with van der Waals surface area (Å²) in [5.74, 6) is 1.50. The molecular weight excluding hydrogens is 264 g/mol. The van der Waals surface area contributed by atoms with Crippen molar-refractivity contribution in [2.45, 2.75) is 13.8 Å². The first kappa shape index (κ1) is 13.5. The number of thioether (sulfide) groups is 2. The second kappa shape index (κ2) is 6.29. The van der Waals surface area contributed by atoms with Crippen LogP contribution in [0.1, 0.15) is 11.1 Å². The number of amides is 1. The molecule has 1 aliphatic rings. The van der Waals surface area contributed by atoms with E-state index in [1.807, 2.05) is 32.0 Å². The third-order valence-electron chi connectivity index (χ3n) is 2.76. The van der Waals surface area contributed by atoms with Crippen molar-refractivity contribution in [3.63, 3.8) is 0 Å². The summed E-state index contributed by atoms with van der Waals surface area (Å²) in [6.45, 7) is 4.95. The van der Waals surface area contributed by atoms with Crippen LogP contribution in [-0.4, -0.2) is 28.3 Å². The monoisotopic (exact) mass is 280 g/mol. The lowest BCUT2D eigenvalue weighted by molar-refractivity contribution is -0.113. The van der Waals surface area contributed by atoms with Gasteiger partial charge >= 0.3 is 0 Å². The molecule has 1 aliphatic heterocycles. The molecule has 1 heterocycles. The molecule has 1 amide bonds. The second-order valence-electron chi connectivity index (χ2n) is 4.08. The maximum Gasteiger partial charge on any atom is 0.234 e. The van der Waals surface area contributed by atoms with Gasteiger partial charge in [-0.3, -0.25) is 9.79 Å². The molecule has 0 aromatic heterocycles. The highest BCUT2D eigenvalue weighted by atomic mass is 32.2. The van der Waals surface area contributed by atoms with Crippen LogP contribution in [0.5, 0.6) is 0 Å². The molecule has 1 aromatic carbocycles. The Morgan fingerprint density at radius 1 is 1.50 bits per heavy atom. The van der Waals surface area contributed by atoms with E-state index in [1.54, 1.807) is 11.8 Å². The summed E-state index contributed by atoms with van der Waals surface area (Å²) < 4.78 is 1.03. The Labute approximate surface area is 116 Å². The van der Waals surface area contributed by atoms with E-state index >= 15 is 0 Å². The summed E-state index contributed by atoms with van der Waals surface area (Å²) in [6.07, 6.45) is 0. The quantitative estimate of drug-likeness (QED) is 0.925. The summed E-state index contributed by atoms with van der Waals surface area (Å²) in [6, 6.07) is 5.94. The number of hydrogen-bond donors (Lipinski definition) is 1. The Morgan fingerprint density at radius 3 is 3.06 bits per heavy atom. The standard InChI is InChI=1S/C13H16N2OS2/c1-9-4-3-5-11(10(9)2)15-12(16)8-18-13-14-6-7-17-13/h3-5H,6-8H2,1-2H3,(H,15,16). The number of anilines is 1. The molecule has 1 aromatic rings. The molecule has 0 radical (unpaired) electrons. The van der Waals surface area contributed by atoms with Gasteiger partial charge < -0.3 is 5.32 Å². The number of benzene rings is 1. The summed E-state index contributed by atoms with van der Waals surface area (Å²) in [5.41, 5.74) is 3.22. The lowest BCUT2D eigenvalue weighted by Gasteiger charge is -2.09. The lowest BCUT2D eigenvalue weighted by atomic mass is 10.1. The molecule has 3 nitrogen and oxygen atoms in total. The minimum atomic E-state index is 0.0314. The molecule has 1 N–H and O–H groups in total. The fourth-order valence-electron chi connectivity index (χ4n) is 1.60. The molecule has 96 valence electrons. The Hall–Kier alpha value is -0.940. The third-order valence-corrected chi connectivity index (χ3v) is 5.02. The average molecular weight is 280 g/mol. The van der Waals surface area contributed by atoms with Crippen LogP contribution in [0, 0.1) is 13.8 Å². The van der Waals surface area contributed by atoms with E-state index in [9.17, 15) is 4.79 Å². The number of aryl methyl sites for hydroxylation is 1. The van der Waals surface area contributed by atoms with Crippen molar-refractivity contribution in [2.75, 3.05) is 23.4 Å². The van der Waals surface area contributed by atoms with Gasteiger partial charge in [-0.1, -0.05) is 35.7 Å². The first-order chi connectivity index (χ1) is 8.66. The fraction of sp³-hybridized carbons (Fsp3) is 0.385. The predicted octanol–water partition coefficient (Wildman–Crippen LogP) is 3.08. The van der Waals surface area contributed by atoms with Crippen molar-refractivity contribution in [1.29, 1.82) is 0 Å². The van der Waals surface area contributed by atoms with Crippen molar-refractivity contribution in [3.8, 4) is 0 Å². The molecule has 0 saturated carbocycles. The summed E-state index contributed by atoms with van der Waals surface area (Å²) in [5, 5.41) is 2.95. The Balaban J connectivity index is 1.88. The number of aliphatic imine (C=N–C) groups is 1. The number of nitrogens with one attached hydrogen (secondary N) is 1. The lowest BCUT2D eigenvalue weighted by Crippen LogP contribution is -2.15. The molecule has 0 atom stereocenters. The van der Waals surface area contributed by atoms with E-state index in [2.05, 4.69) is 10.3 Å². The van der Waals surface area contributed by atoms with Crippen LogP contribution in [0.2, 0.25) is 0 Å². The first-order valence-corrected chi connectivity index (χ1v) is 7.80. The van der Waals surface area contributed by atoms with E-state index in [-0.39, 0.29) is 5.91 Å². The van der Waals surface area contributed by atoms with Gasteiger partial charge in [0.1, 0.15) is 4.38 Å². The number of rotatable bonds is 3. The van der Waals surface area contributed by atoms with Crippen LogP contribution in [0.3, 0.4) is 0 Å². The van der Waals surface area contributed by atoms with Gasteiger partial charge in [0.2, 0.25) is 5.91 Å². The van der Waals surface area contributed by atoms with Crippen LogP contribution >= 0.6 is 23.5 Å². The summed E-state index contributed by atoms with van der Waals surface area (Å²) in [7, 11) is 0. The highest BCUT2D eigenvalue weighted by Gasteiger charge is 2.11. The van der Waals surface area contributed by atoms with Crippen LogP contribution < -0.4 is 5.32 Å². The number of hydrogen-bond acceptors (Lipinski definition) is 4. The normalized spacial score (nSPS) is 14.4. The van der Waals surface area contributed by atoms with Gasteiger partial charge in [-0.2, -0.15) is 0 Å². The van der Waals surface area contributed by atoms with Crippen LogP contribution in [0.15, 0.2) is 23.2 Å². The van der Waals surface area contributed by atoms with Crippen LogP contribution in [0.4, 0.5) is 5.69 Å². The van der Waals surface area contributed by atoms with E-state index in [0.717, 1.165) is 27.9 Å². The maximum atomic E-state index is 11.8. The Morgan fingerprint density at radius 2 is 2.33 bits per heavy atom. The molecule has 0 fully saturated rings. The fourth-order valence-corrected chi connectivity index (χ4v) is 3.41. The second-order valence-corrected chi connectivity index (χ2v) is 6.39. The number of carbonyl (C=O) groups is 1. The van der Waals surface area contributed by atoms with E-state index in [4.69, 9.17) is 0 Å². The third kappa shape index (κ3) is 3.53. The van der Waals surface area contributed by atoms with Crippen molar-refractivity contribution in [2.24, 2.45) is 4.99 Å². The van der Waals surface area contributed by atoms with Gasteiger partial charge in [0, 0.05) is 11.4 Å². The molecule has 2 rings (SSSR count). The molecule has 5 heteroatoms. The van der Waals surface area contributed by atoms with Gasteiger partial charge in [-0.05, 0) is 31.0 Å². The van der Waals surface area contributed by atoms with Gasteiger partial charge in [0.05, 0.1) is 12.3 Å². The minimum absolute atomic E-state index is 0.0314. The van der Waals surface area contributed by atoms with Crippen molar-refractivity contribution < 1.29 is 4.79 Å². The highest BCUT2D eigenvalue weighted by Crippen LogP contribution is 2.23. The van der Waals surface area contributed by atoms with Crippen molar-refractivity contribution in [1.82, 2.24) is 0 Å². The van der Waals surface area contributed by atoms with E-state index < -0.39 is 0 Å². The van der Waals surface area contributed by atoms with Gasteiger partial charge in [-0.25, -0.2) is 0 Å². The zero-order chi connectivity index (χ0) is 13.0. The summed E-state index contributed by atoms with van der Waals surface area (Å²) >= 11 is 3.25. The Kier molecular flexibility index (Phi) is 4.72. The largest absolute Gasteiger partial charge is 0.325 e. The smallest absolute Gasteiger partial charge is 0.234 e. The highest BCUT2D eigenvalue weighted by molar-refractivity contribution is 8.39. The predicted molar refractivity (Wildman–Crippen MR) is 81.8 cm³/mol.